The first-order valence-electron chi connectivity index (χ1n) is 35.6. The predicted molar refractivity (Wildman–Crippen MR) is 417 cm³/mol. The van der Waals surface area contributed by atoms with Gasteiger partial charge in [-0.15, -0.1) is 0 Å². The number of ketones is 4. The summed E-state index contributed by atoms with van der Waals surface area (Å²) in [5.41, 5.74) is 13.5. The number of carbonyl (C=O) groups is 8. The molecule has 0 aliphatic heterocycles. The van der Waals surface area contributed by atoms with Crippen LogP contribution < -0.4 is 14.2 Å². The van der Waals surface area contributed by atoms with Gasteiger partial charge in [0.2, 0.25) is 0 Å². The molecule has 4 aliphatic carbocycles. The molecule has 15 nitrogen and oxygen atoms in total. The van der Waals surface area contributed by atoms with E-state index in [9.17, 15) is 42.7 Å². The van der Waals surface area contributed by atoms with Gasteiger partial charge in [-0.1, -0.05) is 46.4 Å². The average Bonchev–Trinajstić information content (AvgIpc) is 1.60. The number of ether oxygens (including phenoxy) is 3. The molecule has 4 aromatic heterocycles. The van der Waals surface area contributed by atoms with E-state index in [1.165, 1.54) is 12.1 Å². The lowest BCUT2D eigenvalue weighted by molar-refractivity contribution is -0.121. The van der Waals surface area contributed by atoms with E-state index in [1.54, 1.807) is 170 Å². The molecule has 4 atom stereocenters. The molecule has 8 aromatic carbocycles. The summed E-state index contributed by atoms with van der Waals surface area (Å²) >= 11 is 23.8. The third-order valence-corrected chi connectivity index (χ3v) is 22.4. The molecule has 12 aromatic rings. The van der Waals surface area contributed by atoms with Gasteiger partial charge >= 0.3 is 0 Å². The van der Waals surface area contributed by atoms with Crippen molar-refractivity contribution in [2.45, 2.75) is 111 Å². The van der Waals surface area contributed by atoms with Crippen molar-refractivity contribution in [1.29, 1.82) is 0 Å². The number of benzene rings is 8. The molecular weight excluding hydrogens is 1440 g/mol. The number of hydrogen-bond acceptors (Lipinski definition) is 11. The number of methoxy groups -OCH3 is 3. The van der Waals surface area contributed by atoms with Crippen molar-refractivity contribution >= 4 is 137 Å². The minimum atomic E-state index is -0.346. The van der Waals surface area contributed by atoms with Crippen LogP contribution in [-0.2, 0) is 64.1 Å². The van der Waals surface area contributed by atoms with E-state index < -0.39 is 0 Å². The van der Waals surface area contributed by atoms with E-state index in [-0.39, 0.29) is 76.3 Å². The van der Waals surface area contributed by atoms with Gasteiger partial charge in [0.1, 0.15) is 46.2 Å². The van der Waals surface area contributed by atoms with Crippen molar-refractivity contribution in [1.82, 2.24) is 18.3 Å². The fraction of sp³-hybridized carbons (Fsp3) is 0.264. The highest BCUT2D eigenvalue weighted by Gasteiger charge is 2.36. The van der Waals surface area contributed by atoms with Crippen LogP contribution >= 0.6 is 46.4 Å². The molecule has 0 radical (unpaired) electrons. The lowest BCUT2D eigenvalue weighted by Crippen LogP contribution is -2.24. The van der Waals surface area contributed by atoms with E-state index in [0.717, 1.165) is 127 Å². The van der Waals surface area contributed by atoms with Crippen LogP contribution in [0.4, 0.5) is 4.39 Å². The zero-order valence-electron chi connectivity index (χ0n) is 60.1. The lowest BCUT2D eigenvalue weighted by atomic mass is 9.84. The van der Waals surface area contributed by atoms with Crippen molar-refractivity contribution in [2.75, 3.05) is 21.3 Å². The van der Waals surface area contributed by atoms with Gasteiger partial charge in [-0.05, 0) is 290 Å². The van der Waals surface area contributed by atoms with Crippen LogP contribution in [0.3, 0.4) is 0 Å². The van der Waals surface area contributed by atoms with Gasteiger partial charge in [0, 0.05) is 117 Å². The second-order valence-corrected chi connectivity index (χ2v) is 29.6. The minimum Gasteiger partial charge on any atom is -0.497 e. The Morgan fingerprint density at radius 3 is 1.07 bits per heavy atom. The smallest absolute Gasteiger partial charge is 0.262 e. The van der Waals surface area contributed by atoms with Gasteiger partial charge in [-0.3, -0.25) is 51.8 Å². The largest absolute Gasteiger partial charge is 0.497 e. The van der Waals surface area contributed by atoms with Crippen molar-refractivity contribution in [3.8, 4) is 17.2 Å². The van der Waals surface area contributed by atoms with Crippen molar-refractivity contribution in [3.05, 3.63) is 263 Å². The Kier molecular flexibility index (Phi) is 22.2. The van der Waals surface area contributed by atoms with E-state index in [2.05, 4.69) is 0 Å². The summed E-state index contributed by atoms with van der Waals surface area (Å²) in [6, 6.07) is 49.2. The number of nitrogens with zero attached hydrogens (tertiary/aromatic N) is 4. The van der Waals surface area contributed by atoms with Gasteiger partial charge < -0.3 is 19.0 Å². The number of Topliss-reactive ketones (excluding diaryl/α,β-unsaturated/α-hetero) is 4. The summed E-state index contributed by atoms with van der Waals surface area (Å²) in [5.74, 6) is 2.08. The summed E-state index contributed by atoms with van der Waals surface area (Å²) < 4.78 is 37.0. The number of aromatic nitrogens is 4. The lowest BCUT2D eigenvalue weighted by Gasteiger charge is -2.22. The first-order chi connectivity index (χ1) is 51.4. The average molecular weight is 1520 g/mol. The number of hydrogen-bond donors (Lipinski definition) is 0. The molecule has 0 bridgehead atoms. The molecule has 4 heterocycles. The van der Waals surface area contributed by atoms with E-state index >= 15 is 0 Å². The van der Waals surface area contributed by atoms with Crippen LogP contribution in [0.5, 0.6) is 17.2 Å². The third kappa shape index (κ3) is 15.1. The van der Waals surface area contributed by atoms with Gasteiger partial charge in [-0.2, -0.15) is 0 Å². The highest BCUT2D eigenvalue weighted by molar-refractivity contribution is 6.32. The fourth-order valence-electron chi connectivity index (χ4n) is 15.9. The second-order valence-electron chi connectivity index (χ2n) is 27.8. The fourth-order valence-corrected chi connectivity index (χ4v) is 16.4. The second kappa shape index (κ2) is 31.7. The summed E-state index contributed by atoms with van der Waals surface area (Å²) in [4.78, 5) is 101. The maximum Gasteiger partial charge on any atom is 0.262 e. The monoisotopic (exact) mass is 1510 g/mol. The van der Waals surface area contributed by atoms with Gasteiger partial charge in [0.25, 0.3) is 23.6 Å². The van der Waals surface area contributed by atoms with Crippen LogP contribution in [0.2, 0.25) is 20.1 Å². The molecule has 546 valence electrons. The van der Waals surface area contributed by atoms with Gasteiger partial charge in [0.15, 0.2) is 0 Å². The zero-order valence-corrected chi connectivity index (χ0v) is 63.2. The van der Waals surface area contributed by atoms with E-state index in [1.807, 2.05) is 54.6 Å². The first kappa shape index (κ1) is 75.0. The van der Waals surface area contributed by atoms with Crippen LogP contribution in [0.1, 0.15) is 152 Å². The Labute approximate surface area is 638 Å². The standard InChI is InChI=1S/3C22H20ClNO3.C21H17ClFNO2/c1-13(25)15-5-9-20-18(11-15)19-12-17(27-2)8-10-21(19)24(20)22(26)14-3-6-16(23)7-4-14;1-13(25)15-5-9-18-19-12-17(27-2)8-10-20(19)24(21(18)11-15)22(26)14-3-6-16(23)7-4-14;1-13(25)11-15-5-9-18-19-12-17(27-2)8-10-20(19)24(21(15)18)22(26)14-3-6-16(23)7-4-14;1-12(25)14-4-8-19-17(10-14)18-11-16(23)7-9-20(18)24(19)21(26)13-2-5-15(22)6-3-13/h3*3-4,6-8,10,12,15H,5,9,11H2,1-2H3;2-3,5-7,9,11,14H,4,8,10H2,1H3. The predicted octanol–water partition coefficient (Wildman–Crippen LogP) is 19.2. The molecule has 0 saturated heterocycles. The molecule has 4 unspecified atom stereocenters. The summed E-state index contributed by atoms with van der Waals surface area (Å²) in [6.07, 6.45) is 8.38. The maximum atomic E-state index is 13.9. The summed E-state index contributed by atoms with van der Waals surface area (Å²) in [6.45, 7) is 6.48. The normalized spacial score (nSPS) is 16.1. The molecule has 4 aliphatic rings. The molecule has 16 rings (SSSR count). The highest BCUT2D eigenvalue weighted by atomic mass is 35.5. The van der Waals surface area contributed by atoms with Crippen LogP contribution in [0.15, 0.2) is 170 Å². The molecule has 0 amide bonds. The van der Waals surface area contributed by atoms with Crippen molar-refractivity contribution in [3.63, 3.8) is 0 Å². The summed E-state index contributed by atoms with van der Waals surface area (Å²) in [7, 11) is 4.90. The Balaban J connectivity index is 0.000000126. The first-order valence-corrected chi connectivity index (χ1v) is 37.1. The molecule has 107 heavy (non-hydrogen) atoms. The molecular formula is C87H77Cl4FN4O11. The highest BCUT2D eigenvalue weighted by Crippen LogP contribution is 2.45. The minimum absolute atomic E-state index is 0.00776. The van der Waals surface area contributed by atoms with E-state index in [0.29, 0.717) is 98.2 Å². The van der Waals surface area contributed by atoms with Crippen LogP contribution in [0, 0.1) is 23.6 Å². The topological polar surface area (TPSA) is 184 Å². The zero-order chi connectivity index (χ0) is 75.8. The van der Waals surface area contributed by atoms with Crippen LogP contribution in [0.25, 0.3) is 43.6 Å². The number of carbonyl (C=O) groups excluding carboxylic acids is 8. The number of halogens is 5. The van der Waals surface area contributed by atoms with Crippen molar-refractivity contribution in [2.24, 2.45) is 17.8 Å². The van der Waals surface area contributed by atoms with E-state index in [4.69, 9.17) is 60.6 Å². The van der Waals surface area contributed by atoms with Crippen LogP contribution in [-0.4, -0.2) is 86.4 Å². The van der Waals surface area contributed by atoms with Gasteiger partial charge in [0.05, 0.1) is 43.4 Å². The number of aryl methyl sites for hydroxylation is 2. The maximum absolute atomic E-state index is 13.9. The molecule has 0 N–H and O–H groups in total. The quantitative estimate of drug-likeness (QED) is 0.113. The number of rotatable bonds is 12. The Morgan fingerprint density at radius 1 is 0.364 bits per heavy atom. The van der Waals surface area contributed by atoms with Gasteiger partial charge in [-0.25, -0.2) is 4.39 Å². The SMILES string of the molecule is CC(=O)C1CCc2c(c3cc(F)ccc3n2C(=O)c2ccc(Cl)cc2)C1.COc1ccc2c(c1)c1c(n2C(=O)c2ccc(Cl)cc2)C(CC(C)=O)CC1.COc1ccc2c(c1)c1c(n2C(=O)c2ccc(Cl)cc2)CC(C(C)=O)CC1.COc1ccc2c(c1)c1c(n2C(=O)c2ccc(Cl)cc2)CCC(C(C)=O)C1. The Hall–Kier alpha value is -10.2. The Morgan fingerprint density at radius 2 is 0.682 bits per heavy atom. The Bertz CT molecular complexity index is 5500. The molecule has 20 heteroatoms. The summed E-state index contributed by atoms with van der Waals surface area (Å²) in [5, 5.41) is 6.09. The van der Waals surface area contributed by atoms with Crippen molar-refractivity contribution < 1.29 is 57.0 Å². The number of fused-ring (bicyclic) bond motifs is 12. The molecule has 0 saturated carbocycles. The molecule has 0 fully saturated rings. The molecule has 0 spiro atoms. The third-order valence-electron chi connectivity index (χ3n) is 21.3.